The first kappa shape index (κ1) is 17.6. The average Bonchev–Trinajstić information content (AvgIpc) is 3.35. The van der Waals surface area contributed by atoms with Gasteiger partial charge in [-0.1, -0.05) is 29.8 Å². The summed E-state index contributed by atoms with van der Waals surface area (Å²) in [6.07, 6.45) is 3.38. The third-order valence-electron chi connectivity index (χ3n) is 5.16. The predicted molar refractivity (Wildman–Crippen MR) is 115 cm³/mol. The Kier molecular flexibility index (Phi) is 4.14. The lowest BCUT2D eigenvalue weighted by atomic mass is 10.0. The van der Waals surface area contributed by atoms with Crippen LogP contribution in [0.1, 0.15) is 15.9 Å². The zero-order valence-corrected chi connectivity index (χ0v) is 16.1. The number of amides is 1. The summed E-state index contributed by atoms with van der Waals surface area (Å²) >= 11 is 6.03. The van der Waals surface area contributed by atoms with Gasteiger partial charge < -0.3 is 14.7 Å². The summed E-state index contributed by atoms with van der Waals surface area (Å²) in [6.45, 7) is 0.608. The van der Waals surface area contributed by atoms with Crippen molar-refractivity contribution in [2.45, 2.75) is 6.54 Å². The van der Waals surface area contributed by atoms with E-state index in [1.807, 2.05) is 48.5 Å². The third-order valence-corrected chi connectivity index (χ3v) is 5.41. The van der Waals surface area contributed by atoms with E-state index in [0.717, 1.165) is 38.5 Å². The van der Waals surface area contributed by atoms with Crippen molar-refractivity contribution in [1.29, 1.82) is 0 Å². The molecular formula is C24H16ClN2O2. The summed E-state index contributed by atoms with van der Waals surface area (Å²) in [5.41, 5.74) is 11.2. The lowest BCUT2D eigenvalue weighted by molar-refractivity contribution is 0.100. The van der Waals surface area contributed by atoms with Gasteiger partial charge in [0.1, 0.15) is 0 Å². The molecule has 29 heavy (non-hydrogen) atoms. The van der Waals surface area contributed by atoms with Gasteiger partial charge in [0.25, 0.3) is 0 Å². The fourth-order valence-electron chi connectivity index (χ4n) is 3.81. The highest BCUT2D eigenvalue weighted by Gasteiger charge is 2.17. The highest BCUT2D eigenvalue weighted by Crippen LogP contribution is 2.35. The maximum absolute atomic E-state index is 12.1. The molecule has 0 saturated carbocycles. The number of benzene rings is 3. The van der Waals surface area contributed by atoms with Gasteiger partial charge in [0.05, 0.1) is 30.1 Å². The van der Waals surface area contributed by atoms with Crippen molar-refractivity contribution in [1.82, 2.24) is 4.57 Å². The van der Waals surface area contributed by atoms with E-state index in [-0.39, 0.29) is 0 Å². The van der Waals surface area contributed by atoms with E-state index in [1.165, 1.54) is 0 Å². The maximum Gasteiger partial charge on any atom is 0.249 e. The average molecular weight is 400 g/mol. The van der Waals surface area contributed by atoms with Gasteiger partial charge in [-0.2, -0.15) is 0 Å². The number of aromatic nitrogens is 1. The van der Waals surface area contributed by atoms with Gasteiger partial charge in [-0.05, 0) is 59.7 Å². The molecule has 0 fully saturated rings. The van der Waals surface area contributed by atoms with Crippen LogP contribution in [0.3, 0.4) is 0 Å². The molecule has 0 aliphatic carbocycles. The van der Waals surface area contributed by atoms with Gasteiger partial charge in [0.15, 0.2) is 0 Å². The van der Waals surface area contributed by atoms with E-state index in [0.29, 0.717) is 17.1 Å². The normalized spacial score (nSPS) is 11.3. The van der Waals surface area contributed by atoms with Crippen molar-refractivity contribution in [3.63, 3.8) is 0 Å². The zero-order valence-electron chi connectivity index (χ0n) is 15.4. The van der Waals surface area contributed by atoms with E-state index >= 15 is 0 Å². The molecule has 1 amide bonds. The molecule has 0 atom stereocenters. The molecular weight excluding hydrogens is 384 g/mol. The number of hydrogen-bond donors (Lipinski definition) is 1. The van der Waals surface area contributed by atoms with E-state index in [9.17, 15) is 4.79 Å². The number of fused-ring (bicyclic) bond motifs is 3. The van der Waals surface area contributed by atoms with Crippen LogP contribution in [0.5, 0.6) is 0 Å². The topological polar surface area (TPSA) is 61.2 Å². The molecule has 3 aromatic carbocycles. The minimum absolute atomic E-state index is 0.451. The van der Waals surface area contributed by atoms with E-state index < -0.39 is 5.91 Å². The molecule has 2 N–H and O–H groups in total. The van der Waals surface area contributed by atoms with Crippen molar-refractivity contribution < 1.29 is 9.21 Å². The Morgan fingerprint density at radius 1 is 1.07 bits per heavy atom. The van der Waals surface area contributed by atoms with E-state index in [2.05, 4.69) is 16.7 Å². The Labute approximate surface area is 172 Å². The number of halogens is 1. The van der Waals surface area contributed by atoms with E-state index in [4.69, 9.17) is 21.8 Å². The number of nitrogens with zero attached hydrogens (tertiary/aromatic N) is 1. The van der Waals surface area contributed by atoms with Crippen LogP contribution in [0.25, 0.3) is 32.9 Å². The largest absolute Gasteiger partial charge is 0.472 e. The summed E-state index contributed by atoms with van der Waals surface area (Å²) in [5, 5.41) is 2.38. The summed E-state index contributed by atoms with van der Waals surface area (Å²) in [7, 11) is 0. The van der Waals surface area contributed by atoms with Crippen LogP contribution in [0.15, 0.2) is 77.6 Å². The molecule has 2 aromatic heterocycles. The first-order chi connectivity index (χ1) is 14.1. The molecule has 5 aromatic rings. The van der Waals surface area contributed by atoms with Crippen molar-refractivity contribution in [3.05, 3.63) is 95.4 Å². The van der Waals surface area contributed by atoms with Gasteiger partial charge in [-0.15, -0.1) is 0 Å². The SMILES string of the molecule is NC(=O)c1cccc2c1c1[c]cc(-c3ccc(Cl)cc3)cc1n2Cc1ccoc1. The summed E-state index contributed by atoms with van der Waals surface area (Å²) in [5.74, 6) is -0.451. The first-order valence-corrected chi connectivity index (χ1v) is 9.53. The van der Waals surface area contributed by atoms with Gasteiger partial charge in [0.2, 0.25) is 5.91 Å². The highest BCUT2D eigenvalue weighted by molar-refractivity contribution is 6.30. The zero-order chi connectivity index (χ0) is 20.0. The fourth-order valence-corrected chi connectivity index (χ4v) is 3.93. The van der Waals surface area contributed by atoms with Crippen LogP contribution in [0, 0.1) is 6.07 Å². The number of rotatable bonds is 4. The summed E-state index contributed by atoms with van der Waals surface area (Å²) in [6, 6.07) is 22.7. The second-order valence-electron chi connectivity index (χ2n) is 6.94. The van der Waals surface area contributed by atoms with Gasteiger partial charge in [-0.25, -0.2) is 0 Å². The molecule has 0 aliphatic rings. The van der Waals surface area contributed by atoms with Crippen LogP contribution >= 0.6 is 11.6 Å². The smallest absolute Gasteiger partial charge is 0.249 e. The lowest BCUT2D eigenvalue weighted by Gasteiger charge is -2.08. The molecule has 0 saturated heterocycles. The van der Waals surface area contributed by atoms with Crippen LogP contribution in [0.2, 0.25) is 5.02 Å². The molecule has 141 valence electrons. The summed E-state index contributed by atoms with van der Waals surface area (Å²) in [4.78, 5) is 12.1. The number of carbonyl (C=O) groups excluding carboxylic acids is 1. The number of nitrogens with two attached hydrogens (primary N) is 1. The van der Waals surface area contributed by atoms with Crippen molar-refractivity contribution >= 4 is 39.3 Å². The van der Waals surface area contributed by atoms with Crippen molar-refractivity contribution in [2.24, 2.45) is 5.73 Å². The Hall–Kier alpha value is -3.50. The second-order valence-corrected chi connectivity index (χ2v) is 7.37. The molecule has 5 rings (SSSR count). The number of carbonyl (C=O) groups is 1. The number of hydrogen-bond acceptors (Lipinski definition) is 2. The number of furan rings is 1. The third kappa shape index (κ3) is 2.98. The fraction of sp³-hybridized carbons (Fsp3) is 0.0417. The summed E-state index contributed by atoms with van der Waals surface area (Å²) < 4.78 is 7.41. The van der Waals surface area contributed by atoms with Crippen molar-refractivity contribution in [3.8, 4) is 11.1 Å². The van der Waals surface area contributed by atoms with Crippen molar-refractivity contribution in [2.75, 3.05) is 0 Å². The standard InChI is InChI=1S/C24H16ClN2O2/c25-18-7-4-16(5-8-18)17-6-9-19-22(12-17)27(13-15-10-11-29-14-15)21-3-1-2-20(23(19)21)24(26)28/h1-8,10-12,14H,13H2,(H2,26,28). The number of primary amides is 1. The maximum atomic E-state index is 12.1. The molecule has 2 heterocycles. The molecule has 0 aliphatic heterocycles. The van der Waals surface area contributed by atoms with Crippen LogP contribution in [-0.4, -0.2) is 10.5 Å². The monoisotopic (exact) mass is 399 g/mol. The molecule has 0 unspecified atom stereocenters. The second kappa shape index (κ2) is 6.83. The molecule has 1 radical (unpaired) electrons. The molecule has 0 spiro atoms. The quantitative estimate of drug-likeness (QED) is 0.424. The Morgan fingerprint density at radius 3 is 2.62 bits per heavy atom. The predicted octanol–water partition coefficient (Wildman–Crippen LogP) is 5.66. The van der Waals surface area contributed by atoms with Gasteiger partial charge in [-0.3, -0.25) is 4.79 Å². The minimum Gasteiger partial charge on any atom is -0.472 e. The highest BCUT2D eigenvalue weighted by atomic mass is 35.5. The molecule has 5 heteroatoms. The first-order valence-electron chi connectivity index (χ1n) is 9.15. The molecule has 0 bridgehead atoms. The Morgan fingerprint density at radius 2 is 1.90 bits per heavy atom. The van der Waals surface area contributed by atoms with Crippen LogP contribution < -0.4 is 5.73 Å². The molecule has 4 nitrogen and oxygen atoms in total. The van der Waals surface area contributed by atoms with Gasteiger partial charge in [0, 0.05) is 26.9 Å². The Bertz CT molecular complexity index is 1350. The lowest BCUT2D eigenvalue weighted by Crippen LogP contribution is -2.11. The van der Waals surface area contributed by atoms with E-state index in [1.54, 1.807) is 18.6 Å². The van der Waals surface area contributed by atoms with Crippen LogP contribution in [-0.2, 0) is 6.54 Å². The Balaban J connectivity index is 1.81. The minimum atomic E-state index is -0.451. The van der Waals surface area contributed by atoms with Gasteiger partial charge >= 0.3 is 0 Å². The van der Waals surface area contributed by atoms with Crippen LogP contribution in [0.4, 0.5) is 0 Å².